The molecule has 2 nitrogen and oxygen atoms in total. The zero-order valence-corrected chi connectivity index (χ0v) is 7.20. The Morgan fingerprint density at radius 1 is 0.700 bits per heavy atom. The Kier molecular flexibility index (Phi) is 3.91. The highest BCUT2D eigenvalue weighted by atomic mass is 16.3. The fourth-order valence-electron chi connectivity index (χ4n) is 0.789. The highest BCUT2D eigenvalue weighted by Gasteiger charge is 2.21. The van der Waals surface area contributed by atoms with Crippen LogP contribution in [0.2, 0.25) is 0 Å². The largest absolute Gasteiger partial charge is 0.390 e. The fourth-order valence-corrected chi connectivity index (χ4v) is 0.789. The van der Waals surface area contributed by atoms with E-state index in [-0.39, 0.29) is 11.8 Å². The number of hydrogen-bond acceptors (Lipinski definition) is 2. The lowest BCUT2D eigenvalue weighted by molar-refractivity contribution is -0.0320. The molecule has 0 aliphatic heterocycles. The molecule has 0 aromatic rings. The van der Waals surface area contributed by atoms with Crippen molar-refractivity contribution in [2.24, 2.45) is 11.8 Å². The monoisotopic (exact) mass is 146 g/mol. The van der Waals surface area contributed by atoms with Crippen LogP contribution in [0.25, 0.3) is 0 Å². The number of rotatable bonds is 3. The maximum Gasteiger partial charge on any atom is 0.0824 e. The van der Waals surface area contributed by atoms with Crippen molar-refractivity contribution in [2.45, 2.75) is 39.9 Å². The van der Waals surface area contributed by atoms with Crippen molar-refractivity contribution >= 4 is 0 Å². The van der Waals surface area contributed by atoms with Crippen LogP contribution in [-0.4, -0.2) is 22.4 Å². The van der Waals surface area contributed by atoms with Crippen LogP contribution >= 0.6 is 0 Å². The van der Waals surface area contributed by atoms with Gasteiger partial charge in [0.2, 0.25) is 0 Å². The first kappa shape index (κ1) is 9.92. The van der Waals surface area contributed by atoms with Gasteiger partial charge in [-0.25, -0.2) is 0 Å². The van der Waals surface area contributed by atoms with Crippen molar-refractivity contribution in [3.8, 4) is 0 Å². The maximum atomic E-state index is 9.32. The minimum atomic E-state index is -0.583. The SMILES string of the molecule is CC(C)[C@@H](O)[C@H](O)C(C)C. The molecule has 0 saturated heterocycles. The van der Waals surface area contributed by atoms with E-state index in [0.29, 0.717) is 0 Å². The molecule has 2 heteroatoms. The van der Waals surface area contributed by atoms with Crippen LogP contribution in [0.5, 0.6) is 0 Å². The second kappa shape index (κ2) is 3.94. The minimum Gasteiger partial charge on any atom is -0.390 e. The molecule has 0 spiro atoms. The Bertz CT molecular complexity index is 77.3. The second-order valence-electron chi connectivity index (χ2n) is 3.47. The number of aliphatic hydroxyl groups is 2. The van der Waals surface area contributed by atoms with Gasteiger partial charge in [-0.3, -0.25) is 0 Å². The molecule has 0 amide bonds. The molecule has 0 aliphatic carbocycles. The standard InChI is InChI=1S/C8H18O2/c1-5(2)7(9)8(10)6(3)4/h5-10H,1-4H3/t7-,8-/m1/s1. The van der Waals surface area contributed by atoms with Gasteiger partial charge in [0, 0.05) is 0 Å². The van der Waals surface area contributed by atoms with Crippen LogP contribution in [0.3, 0.4) is 0 Å². The van der Waals surface area contributed by atoms with Crippen LogP contribution in [0.1, 0.15) is 27.7 Å². The third-order valence-electron chi connectivity index (χ3n) is 1.72. The first-order chi connectivity index (χ1) is 4.46. The van der Waals surface area contributed by atoms with E-state index in [1.807, 2.05) is 27.7 Å². The summed E-state index contributed by atoms with van der Waals surface area (Å²) in [5, 5.41) is 18.6. The average Bonchev–Trinajstić information content (AvgIpc) is 1.84. The van der Waals surface area contributed by atoms with Crippen molar-refractivity contribution in [1.29, 1.82) is 0 Å². The first-order valence-electron chi connectivity index (χ1n) is 3.83. The minimum absolute atomic E-state index is 0.136. The molecular formula is C8H18O2. The van der Waals surface area contributed by atoms with E-state index in [4.69, 9.17) is 0 Å². The smallest absolute Gasteiger partial charge is 0.0824 e. The quantitative estimate of drug-likeness (QED) is 0.624. The molecule has 0 aliphatic rings. The fraction of sp³-hybridized carbons (Fsp3) is 1.00. The van der Waals surface area contributed by atoms with E-state index in [1.165, 1.54) is 0 Å². The van der Waals surface area contributed by atoms with Crippen molar-refractivity contribution in [1.82, 2.24) is 0 Å². The van der Waals surface area contributed by atoms with Gasteiger partial charge in [0.15, 0.2) is 0 Å². The van der Waals surface area contributed by atoms with Crippen LogP contribution in [0.15, 0.2) is 0 Å². The molecule has 0 rings (SSSR count). The molecule has 62 valence electrons. The zero-order chi connectivity index (χ0) is 8.31. The van der Waals surface area contributed by atoms with E-state index in [0.717, 1.165) is 0 Å². The molecule has 10 heavy (non-hydrogen) atoms. The van der Waals surface area contributed by atoms with Crippen LogP contribution in [-0.2, 0) is 0 Å². The molecule has 2 atom stereocenters. The molecular weight excluding hydrogens is 128 g/mol. The lowest BCUT2D eigenvalue weighted by Crippen LogP contribution is -2.34. The summed E-state index contributed by atoms with van der Waals surface area (Å²) >= 11 is 0. The van der Waals surface area contributed by atoms with Gasteiger partial charge in [-0.15, -0.1) is 0 Å². The Morgan fingerprint density at radius 3 is 1.00 bits per heavy atom. The zero-order valence-electron chi connectivity index (χ0n) is 7.20. The molecule has 0 bridgehead atoms. The van der Waals surface area contributed by atoms with Gasteiger partial charge in [0.05, 0.1) is 12.2 Å². The van der Waals surface area contributed by atoms with E-state index in [9.17, 15) is 10.2 Å². The van der Waals surface area contributed by atoms with E-state index < -0.39 is 12.2 Å². The molecule has 0 unspecified atom stereocenters. The molecule has 0 heterocycles. The van der Waals surface area contributed by atoms with E-state index in [2.05, 4.69) is 0 Å². The number of aliphatic hydroxyl groups excluding tert-OH is 2. The highest BCUT2D eigenvalue weighted by molar-refractivity contribution is 4.72. The van der Waals surface area contributed by atoms with Crippen molar-refractivity contribution in [3.63, 3.8) is 0 Å². The van der Waals surface area contributed by atoms with Gasteiger partial charge in [-0.05, 0) is 11.8 Å². The van der Waals surface area contributed by atoms with Crippen molar-refractivity contribution in [2.75, 3.05) is 0 Å². The first-order valence-corrected chi connectivity index (χ1v) is 3.83. The van der Waals surface area contributed by atoms with Gasteiger partial charge in [-0.1, -0.05) is 27.7 Å². The predicted molar refractivity (Wildman–Crippen MR) is 41.7 cm³/mol. The summed E-state index contributed by atoms with van der Waals surface area (Å²) in [6.07, 6.45) is -1.17. The lowest BCUT2D eigenvalue weighted by atomic mass is 9.94. The Balaban J connectivity index is 3.81. The summed E-state index contributed by atoms with van der Waals surface area (Å²) in [6.45, 7) is 7.60. The molecule has 0 radical (unpaired) electrons. The van der Waals surface area contributed by atoms with E-state index in [1.54, 1.807) is 0 Å². The van der Waals surface area contributed by atoms with E-state index >= 15 is 0 Å². The number of hydrogen-bond donors (Lipinski definition) is 2. The Hall–Kier alpha value is -0.0800. The third-order valence-corrected chi connectivity index (χ3v) is 1.72. The molecule has 0 aromatic carbocycles. The van der Waals surface area contributed by atoms with Gasteiger partial charge in [-0.2, -0.15) is 0 Å². The van der Waals surface area contributed by atoms with Crippen molar-refractivity contribution in [3.05, 3.63) is 0 Å². The van der Waals surface area contributed by atoms with Crippen LogP contribution in [0, 0.1) is 11.8 Å². The third kappa shape index (κ3) is 2.67. The van der Waals surface area contributed by atoms with Crippen molar-refractivity contribution < 1.29 is 10.2 Å². The van der Waals surface area contributed by atoms with Crippen LogP contribution < -0.4 is 0 Å². The normalized spacial score (nSPS) is 18.0. The molecule has 0 aromatic heterocycles. The van der Waals surface area contributed by atoms with Gasteiger partial charge in [0.25, 0.3) is 0 Å². The molecule has 0 saturated carbocycles. The molecule has 0 fully saturated rings. The lowest BCUT2D eigenvalue weighted by Gasteiger charge is -2.23. The van der Waals surface area contributed by atoms with Gasteiger partial charge >= 0.3 is 0 Å². The van der Waals surface area contributed by atoms with Crippen LogP contribution in [0.4, 0.5) is 0 Å². The van der Waals surface area contributed by atoms with Gasteiger partial charge in [0.1, 0.15) is 0 Å². The predicted octanol–water partition coefficient (Wildman–Crippen LogP) is 1.02. The highest BCUT2D eigenvalue weighted by Crippen LogP contribution is 2.12. The molecule has 2 N–H and O–H groups in total. The summed E-state index contributed by atoms with van der Waals surface area (Å²) in [6, 6.07) is 0. The summed E-state index contributed by atoms with van der Waals surface area (Å²) in [5.74, 6) is 0.273. The average molecular weight is 146 g/mol. The summed E-state index contributed by atoms with van der Waals surface area (Å²) in [5.41, 5.74) is 0. The Morgan fingerprint density at radius 2 is 0.900 bits per heavy atom. The summed E-state index contributed by atoms with van der Waals surface area (Å²) in [4.78, 5) is 0. The Labute approximate surface area is 62.9 Å². The van der Waals surface area contributed by atoms with Gasteiger partial charge < -0.3 is 10.2 Å². The summed E-state index contributed by atoms with van der Waals surface area (Å²) < 4.78 is 0. The maximum absolute atomic E-state index is 9.32. The topological polar surface area (TPSA) is 40.5 Å². The summed E-state index contributed by atoms with van der Waals surface area (Å²) in [7, 11) is 0. The second-order valence-corrected chi connectivity index (χ2v) is 3.47.